The molecule has 1 aromatic carbocycles. The van der Waals surface area contributed by atoms with Crippen LogP contribution in [0.5, 0.6) is 0 Å². The number of hydrogen-bond donors (Lipinski definition) is 0. The van der Waals surface area contributed by atoms with Crippen molar-refractivity contribution in [3.8, 4) is 11.3 Å². The van der Waals surface area contributed by atoms with E-state index in [1.165, 1.54) is 0 Å². The van der Waals surface area contributed by atoms with Gasteiger partial charge in [0.1, 0.15) is 10.4 Å². The Bertz CT molecular complexity index is 553. The van der Waals surface area contributed by atoms with Crippen LogP contribution < -0.4 is 0 Å². The van der Waals surface area contributed by atoms with E-state index in [2.05, 4.69) is 32.8 Å². The molecule has 0 unspecified atom stereocenters. The third-order valence-electron chi connectivity index (χ3n) is 2.37. The molecule has 0 saturated heterocycles. The number of aromatic nitrogens is 2. The average molecular weight is 346 g/mol. The highest BCUT2D eigenvalue weighted by Gasteiger charge is 2.07. The highest BCUT2D eigenvalue weighted by molar-refractivity contribution is 9.10. The second-order valence-corrected chi connectivity index (χ2v) is 5.59. The van der Waals surface area contributed by atoms with E-state index in [1.54, 1.807) is 6.07 Å². The molecule has 2 nitrogen and oxygen atoms in total. The van der Waals surface area contributed by atoms with Crippen LogP contribution in [0, 0.1) is 0 Å². The molecule has 0 aliphatic rings. The van der Waals surface area contributed by atoms with E-state index in [-0.39, 0.29) is 0 Å². The normalized spacial score (nSPS) is 10.7. The molecule has 2 rings (SSSR count). The van der Waals surface area contributed by atoms with Crippen molar-refractivity contribution in [2.24, 2.45) is 0 Å². The summed E-state index contributed by atoms with van der Waals surface area (Å²) in [4.78, 5) is 8.85. The summed E-state index contributed by atoms with van der Waals surface area (Å²) in [5.41, 5.74) is 1.72. The van der Waals surface area contributed by atoms with Crippen LogP contribution in [0.15, 0.2) is 28.9 Å². The quantitative estimate of drug-likeness (QED) is 0.717. The summed E-state index contributed by atoms with van der Waals surface area (Å²) in [6.07, 6.45) is 1.85. The zero-order valence-electron chi connectivity index (χ0n) is 9.75. The van der Waals surface area contributed by atoms with Gasteiger partial charge in [-0.3, -0.25) is 0 Å². The van der Waals surface area contributed by atoms with Crippen molar-refractivity contribution in [3.63, 3.8) is 0 Å². The van der Waals surface area contributed by atoms with E-state index in [4.69, 9.17) is 23.2 Å². The standard InChI is InChI=1S/C13H11BrCl2N2/c1-2-3-13-17-11(7-12(14)18-13)8-4-9(15)6-10(16)5-8/h4-7H,2-3H2,1H3. The Morgan fingerprint density at radius 2 is 1.72 bits per heavy atom. The van der Waals surface area contributed by atoms with Gasteiger partial charge in [0.2, 0.25) is 0 Å². The first-order chi connectivity index (χ1) is 8.58. The van der Waals surface area contributed by atoms with Crippen molar-refractivity contribution in [2.75, 3.05) is 0 Å². The predicted molar refractivity (Wildman–Crippen MR) is 79.2 cm³/mol. The van der Waals surface area contributed by atoms with Gasteiger partial charge in [-0.15, -0.1) is 0 Å². The Hall–Kier alpha value is -0.640. The van der Waals surface area contributed by atoms with Crippen molar-refractivity contribution in [3.05, 3.63) is 44.7 Å². The summed E-state index contributed by atoms with van der Waals surface area (Å²) < 4.78 is 0.770. The lowest BCUT2D eigenvalue weighted by Gasteiger charge is -2.06. The van der Waals surface area contributed by atoms with Gasteiger partial charge in [-0.25, -0.2) is 9.97 Å². The molecule has 0 aliphatic heterocycles. The predicted octanol–water partition coefficient (Wildman–Crippen LogP) is 5.17. The molecule has 0 aliphatic carbocycles. The molecule has 0 spiro atoms. The minimum absolute atomic E-state index is 0.601. The summed E-state index contributed by atoms with van der Waals surface area (Å²) in [7, 11) is 0. The molecule has 2 aromatic rings. The van der Waals surface area contributed by atoms with E-state index in [0.29, 0.717) is 10.0 Å². The van der Waals surface area contributed by atoms with Crippen LogP contribution in [-0.2, 0) is 6.42 Å². The molecule has 1 aromatic heterocycles. The van der Waals surface area contributed by atoms with Crippen molar-refractivity contribution >= 4 is 39.1 Å². The van der Waals surface area contributed by atoms with Gasteiger partial charge in [0.15, 0.2) is 0 Å². The topological polar surface area (TPSA) is 25.8 Å². The fourth-order valence-electron chi connectivity index (χ4n) is 1.65. The van der Waals surface area contributed by atoms with Crippen LogP contribution in [0.1, 0.15) is 19.2 Å². The Labute approximate surface area is 124 Å². The lowest BCUT2D eigenvalue weighted by molar-refractivity contribution is 0.831. The van der Waals surface area contributed by atoms with Gasteiger partial charge in [0, 0.05) is 22.0 Å². The van der Waals surface area contributed by atoms with Gasteiger partial charge < -0.3 is 0 Å². The molecule has 0 radical (unpaired) electrons. The van der Waals surface area contributed by atoms with Crippen LogP contribution in [0.25, 0.3) is 11.3 Å². The van der Waals surface area contributed by atoms with Gasteiger partial charge in [-0.05, 0) is 46.6 Å². The second-order valence-electron chi connectivity index (χ2n) is 3.90. The van der Waals surface area contributed by atoms with E-state index in [0.717, 1.165) is 34.5 Å². The van der Waals surface area contributed by atoms with Crippen molar-refractivity contribution < 1.29 is 0 Å². The summed E-state index contributed by atoms with van der Waals surface area (Å²) in [6, 6.07) is 7.26. The van der Waals surface area contributed by atoms with E-state index >= 15 is 0 Å². The number of rotatable bonds is 3. The number of aryl methyl sites for hydroxylation is 1. The lowest BCUT2D eigenvalue weighted by Crippen LogP contribution is -1.97. The van der Waals surface area contributed by atoms with Gasteiger partial charge in [0.25, 0.3) is 0 Å². The Morgan fingerprint density at radius 1 is 1.06 bits per heavy atom. The summed E-state index contributed by atoms with van der Waals surface area (Å²) in [6.45, 7) is 2.10. The molecule has 5 heteroatoms. The zero-order chi connectivity index (χ0) is 13.1. The molecule has 94 valence electrons. The first-order valence-corrected chi connectivity index (χ1v) is 7.13. The first kappa shape index (κ1) is 13.8. The maximum atomic E-state index is 6.00. The van der Waals surface area contributed by atoms with Crippen LogP contribution in [0.4, 0.5) is 0 Å². The Kier molecular flexibility index (Phi) is 4.60. The molecular formula is C13H11BrCl2N2. The van der Waals surface area contributed by atoms with Gasteiger partial charge in [-0.1, -0.05) is 30.1 Å². The third kappa shape index (κ3) is 3.44. The summed E-state index contributed by atoms with van der Waals surface area (Å²) >= 11 is 15.4. The molecule has 0 atom stereocenters. The van der Waals surface area contributed by atoms with Crippen molar-refractivity contribution in [2.45, 2.75) is 19.8 Å². The fraction of sp³-hybridized carbons (Fsp3) is 0.231. The largest absolute Gasteiger partial charge is 0.233 e. The highest BCUT2D eigenvalue weighted by Crippen LogP contribution is 2.27. The lowest BCUT2D eigenvalue weighted by atomic mass is 10.1. The van der Waals surface area contributed by atoms with Crippen molar-refractivity contribution in [1.82, 2.24) is 9.97 Å². The summed E-state index contributed by atoms with van der Waals surface area (Å²) in [5, 5.41) is 1.20. The minimum Gasteiger partial charge on any atom is -0.233 e. The molecule has 18 heavy (non-hydrogen) atoms. The summed E-state index contributed by atoms with van der Waals surface area (Å²) in [5.74, 6) is 0.818. The molecule has 0 saturated carbocycles. The average Bonchev–Trinajstić information content (AvgIpc) is 2.27. The molecule has 1 heterocycles. The maximum Gasteiger partial charge on any atom is 0.130 e. The van der Waals surface area contributed by atoms with Gasteiger partial charge >= 0.3 is 0 Å². The van der Waals surface area contributed by atoms with Crippen LogP contribution in [0.2, 0.25) is 10.0 Å². The minimum atomic E-state index is 0.601. The molecule has 0 N–H and O–H groups in total. The molecule has 0 bridgehead atoms. The fourth-order valence-corrected chi connectivity index (χ4v) is 2.60. The third-order valence-corrected chi connectivity index (χ3v) is 3.22. The smallest absolute Gasteiger partial charge is 0.130 e. The van der Waals surface area contributed by atoms with Gasteiger partial charge in [0.05, 0.1) is 5.69 Å². The van der Waals surface area contributed by atoms with E-state index in [1.807, 2.05) is 18.2 Å². The number of benzene rings is 1. The zero-order valence-corrected chi connectivity index (χ0v) is 12.8. The SMILES string of the molecule is CCCc1nc(Br)cc(-c2cc(Cl)cc(Cl)c2)n1. The van der Waals surface area contributed by atoms with Crippen LogP contribution in [-0.4, -0.2) is 9.97 Å². The number of hydrogen-bond acceptors (Lipinski definition) is 2. The second kappa shape index (κ2) is 6.00. The van der Waals surface area contributed by atoms with Crippen LogP contribution in [0.3, 0.4) is 0 Å². The molecule has 0 amide bonds. The number of nitrogens with zero attached hydrogens (tertiary/aromatic N) is 2. The maximum absolute atomic E-state index is 6.00. The highest BCUT2D eigenvalue weighted by atomic mass is 79.9. The van der Waals surface area contributed by atoms with Crippen LogP contribution >= 0.6 is 39.1 Å². The molecular weight excluding hydrogens is 335 g/mol. The Morgan fingerprint density at radius 3 is 2.33 bits per heavy atom. The van der Waals surface area contributed by atoms with Gasteiger partial charge in [-0.2, -0.15) is 0 Å². The van der Waals surface area contributed by atoms with E-state index < -0.39 is 0 Å². The van der Waals surface area contributed by atoms with E-state index in [9.17, 15) is 0 Å². The monoisotopic (exact) mass is 344 g/mol. The number of halogens is 3. The first-order valence-electron chi connectivity index (χ1n) is 5.58. The molecule has 0 fully saturated rings. The van der Waals surface area contributed by atoms with Crippen molar-refractivity contribution in [1.29, 1.82) is 0 Å². The Balaban J connectivity index is 2.49.